The summed E-state index contributed by atoms with van der Waals surface area (Å²) in [6.07, 6.45) is 3.03. The van der Waals surface area contributed by atoms with Crippen molar-refractivity contribution >= 4 is 11.4 Å². The number of nitrogens with zero attached hydrogens (tertiary/aromatic N) is 2. The van der Waals surface area contributed by atoms with Crippen LogP contribution in [0, 0.1) is 24.1 Å². The van der Waals surface area contributed by atoms with Crippen LogP contribution in [-0.4, -0.2) is 4.98 Å². The Morgan fingerprint density at radius 1 is 1.35 bits per heavy atom. The van der Waals surface area contributed by atoms with Crippen LogP contribution >= 0.6 is 0 Å². The van der Waals surface area contributed by atoms with Crippen LogP contribution in [0.4, 0.5) is 15.8 Å². The third-order valence-electron chi connectivity index (χ3n) is 2.42. The summed E-state index contributed by atoms with van der Waals surface area (Å²) in [6, 6.07) is 8.43. The van der Waals surface area contributed by atoms with Crippen molar-refractivity contribution < 1.29 is 4.39 Å². The van der Waals surface area contributed by atoms with Gasteiger partial charge in [-0.15, -0.1) is 0 Å². The Hall–Kier alpha value is -2.41. The fourth-order valence-electron chi connectivity index (χ4n) is 1.52. The topological polar surface area (TPSA) is 48.7 Å². The van der Waals surface area contributed by atoms with Crippen molar-refractivity contribution in [3.8, 4) is 6.07 Å². The first-order valence-corrected chi connectivity index (χ1v) is 5.08. The van der Waals surface area contributed by atoms with Gasteiger partial charge in [0.2, 0.25) is 0 Å². The van der Waals surface area contributed by atoms with Crippen LogP contribution in [0.15, 0.2) is 36.7 Å². The van der Waals surface area contributed by atoms with E-state index in [9.17, 15) is 4.39 Å². The SMILES string of the molecule is Cc1cccc(F)c1Nc1cnccc1C#N. The molecule has 0 saturated heterocycles. The average molecular weight is 227 g/mol. The summed E-state index contributed by atoms with van der Waals surface area (Å²) in [5.74, 6) is -0.349. The number of rotatable bonds is 2. The van der Waals surface area contributed by atoms with Gasteiger partial charge in [-0.1, -0.05) is 12.1 Å². The molecule has 2 aromatic rings. The molecule has 0 aliphatic rings. The van der Waals surface area contributed by atoms with E-state index in [1.807, 2.05) is 6.07 Å². The van der Waals surface area contributed by atoms with E-state index in [2.05, 4.69) is 10.3 Å². The molecule has 4 heteroatoms. The van der Waals surface area contributed by atoms with E-state index in [0.717, 1.165) is 5.56 Å². The van der Waals surface area contributed by atoms with Gasteiger partial charge in [0, 0.05) is 6.20 Å². The zero-order valence-electron chi connectivity index (χ0n) is 9.24. The molecular weight excluding hydrogens is 217 g/mol. The molecule has 0 saturated carbocycles. The Labute approximate surface area is 98.5 Å². The molecule has 0 aliphatic heterocycles. The average Bonchev–Trinajstić information content (AvgIpc) is 2.34. The highest BCUT2D eigenvalue weighted by atomic mass is 19.1. The first kappa shape index (κ1) is 11.1. The van der Waals surface area contributed by atoms with Gasteiger partial charge < -0.3 is 5.32 Å². The molecule has 0 atom stereocenters. The third-order valence-corrected chi connectivity index (χ3v) is 2.42. The van der Waals surface area contributed by atoms with Gasteiger partial charge in [0.25, 0.3) is 0 Å². The molecule has 1 aromatic heterocycles. The minimum absolute atomic E-state index is 0.349. The van der Waals surface area contributed by atoms with Gasteiger partial charge in [0.05, 0.1) is 23.1 Å². The molecule has 0 unspecified atom stereocenters. The van der Waals surface area contributed by atoms with Crippen molar-refractivity contribution in [3.05, 3.63) is 53.6 Å². The van der Waals surface area contributed by atoms with E-state index in [-0.39, 0.29) is 5.82 Å². The van der Waals surface area contributed by atoms with E-state index in [4.69, 9.17) is 5.26 Å². The number of nitriles is 1. The highest BCUT2D eigenvalue weighted by Gasteiger charge is 2.08. The summed E-state index contributed by atoms with van der Waals surface area (Å²) in [5.41, 5.74) is 2.08. The van der Waals surface area contributed by atoms with Gasteiger partial charge in [0.1, 0.15) is 11.9 Å². The number of pyridine rings is 1. The summed E-state index contributed by atoms with van der Waals surface area (Å²) in [6.45, 7) is 1.80. The van der Waals surface area contributed by atoms with Crippen molar-refractivity contribution in [2.45, 2.75) is 6.92 Å². The predicted octanol–water partition coefficient (Wildman–Crippen LogP) is 3.14. The highest BCUT2D eigenvalue weighted by molar-refractivity contribution is 5.67. The van der Waals surface area contributed by atoms with Gasteiger partial charge in [0.15, 0.2) is 0 Å². The number of hydrogen-bond acceptors (Lipinski definition) is 3. The second-order valence-corrected chi connectivity index (χ2v) is 3.59. The number of halogens is 1. The molecule has 1 aromatic carbocycles. The monoisotopic (exact) mass is 227 g/mol. The van der Waals surface area contributed by atoms with Gasteiger partial charge in [-0.05, 0) is 24.6 Å². The molecule has 0 radical (unpaired) electrons. The molecule has 0 fully saturated rings. The van der Waals surface area contributed by atoms with Gasteiger partial charge in [-0.25, -0.2) is 4.39 Å². The second-order valence-electron chi connectivity index (χ2n) is 3.59. The molecule has 0 aliphatic carbocycles. The van der Waals surface area contributed by atoms with E-state index in [1.165, 1.54) is 18.5 Å². The van der Waals surface area contributed by atoms with Gasteiger partial charge in [-0.3, -0.25) is 4.98 Å². The smallest absolute Gasteiger partial charge is 0.146 e. The Morgan fingerprint density at radius 3 is 2.88 bits per heavy atom. The largest absolute Gasteiger partial charge is 0.351 e. The highest BCUT2D eigenvalue weighted by Crippen LogP contribution is 2.24. The number of anilines is 2. The Kier molecular flexibility index (Phi) is 3.01. The summed E-state index contributed by atoms with van der Waals surface area (Å²) in [4.78, 5) is 3.91. The van der Waals surface area contributed by atoms with Gasteiger partial charge >= 0.3 is 0 Å². The Bertz CT molecular complexity index is 567. The van der Waals surface area contributed by atoms with Crippen molar-refractivity contribution in [3.63, 3.8) is 0 Å². The number of aryl methyl sites for hydroxylation is 1. The van der Waals surface area contributed by atoms with Crippen LogP contribution in [0.2, 0.25) is 0 Å². The number of nitrogens with one attached hydrogen (secondary N) is 1. The van der Waals surface area contributed by atoms with Crippen molar-refractivity contribution in [2.75, 3.05) is 5.32 Å². The first-order chi connectivity index (χ1) is 8.22. The third kappa shape index (κ3) is 2.23. The van der Waals surface area contributed by atoms with E-state index in [0.29, 0.717) is 16.9 Å². The molecule has 2 rings (SSSR count). The maximum atomic E-state index is 13.6. The standard InChI is InChI=1S/C13H10FN3/c1-9-3-2-4-11(14)13(9)17-12-8-16-6-5-10(12)7-15/h2-6,8,17H,1H3. The quantitative estimate of drug-likeness (QED) is 0.857. The second kappa shape index (κ2) is 4.62. The Morgan fingerprint density at radius 2 is 2.18 bits per heavy atom. The molecule has 1 heterocycles. The lowest BCUT2D eigenvalue weighted by atomic mass is 10.1. The maximum Gasteiger partial charge on any atom is 0.146 e. The van der Waals surface area contributed by atoms with E-state index < -0.39 is 0 Å². The van der Waals surface area contributed by atoms with Crippen LogP contribution in [0.1, 0.15) is 11.1 Å². The molecule has 0 amide bonds. The normalized spacial score (nSPS) is 9.71. The molecular formula is C13H10FN3. The summed E-state index contributed by atoms with van der Waals surface area (Å²) >= 11 is 0. The molecule has 0 bridgehead atoms. The summed E-state index contributed by atoms with van der Waals surface area (Å²) < 4.78 is 13.6. The minimum Gasteiger partial charge on any atom is -0.351 e. The zero-order valence-corrected chi connectivity index (χ0v) is 9.24. The lowest BCUT2D eigenvalue weighted by Crippen LogP contribution is -1.99. The minimum atomic E-state index is -0.349. The number of hydrogen-bond donors (Lipinski definition) is 1. The molecule has 17 heavy (non-hydrogen) atoms. The zero-order chi connectivity index (χ0) is 12.3. The number of benzene rings is 1. The van der Waals surface area contributed by atoms with Crippen LogP contribution in [0.5, 0.6) is 0 Å². The Balaban J connectivity index is 2.42. The molecule has 84 valence electrons. The van der Waals surface area contributed by atoms with E-state index in [1.54, 1.807) is 25.1 Å². The molecule has 1 N–H and O–H groups in total. The predicted molar refractivity (Wildman–Crippen MR) is 63.4 cm³/mol. The lowest BCUT2D eigenvalue weighted by molar-refractivity contribution is 0.631. The van der Waals surface area contributed by atoms with Crippen LogP contribution in [-0.2, 0) is 0 Å². The number of para-hydroxylation sites is 1. The fraction of sp³-hybridized carbons (Fsp3) is 0.0769. The van der Waals surface area contributed by atoms with E-state index >= 15 is 0 Å². The van der Waals surface area contributed by atoms with Crippen LogP contribution < -0.4 is 5.32 Å². The van der Waals surface area contributed by atoms with Crippen molar-refractivity contribution in [1.82, 2.24) is 4.98 Å². The summed E-state index contributed by atoms with van der Waals surface area (Å²) in [7, 11) is 0. The maximum absolute atomic E-state index is 13.6. The van der Waals surface area contributed by atoms with Crippen molar-refractivity contribution in [1.29, 1.82) is 5.26 Å². The van der Waals surface area contributed by atoms with Crippen molar-refractivity contribution in [2.24, 2.45) is 0 Å². The molecule has 3 nitrogen and oxygen atoms in total. The fourth-order valence-corrected chi connectivity index (χ4v) is 1.52. The van der Waals surface area contributed by atoms with Gasteiger partial charge in [-0.2, -0.15) is 5.26 Å². The lowest BCUT2D eigenvalue weighted by Gasteiger charge is -2.11. The van der Waals surface area contributed by atoms with Crippen LogP contribution in [0.3, 0.4) is 0 Å². The van der Waals surface area contributed by atoms with Crippen LogP contribution in [0.25, 0.3) is 0 Å². The summed E-state index contributed by atoms with van der Waals surface area (Å²) in [5, 5.41) is 11.8. The molecule has 0 spiro atoms. The first-order valence-electron chi connectivity index (χ1n) is 5.08. The number of aromatic nitrogens is 1.